The van der Waals surface area contributed by atoms with E-state index in [4.69, 9.17) is 4.74 Å². The van der Waals surface area contributed by atoms with Gasteiger partial charge in [0.1, 0.15) is 17.7 Å². The zero-order valence-corrected chi connectivity index (χ0v) is 27.8. The Balaban J connectivity index is 1.57. The maximum absolute atomic E-state index is 13.6. The monoisotopic (exact) mass is 714 g/mol. The number of nitrogens with zero attached hydrogens (tertiary/aromatic N) is 2. The normalized spacial score (nSPS) is 17.6. The molecule has 0 bridgehead atoms. The quantitative estimate of drug-likeness (QED) is 0.0688. The molecule has 3 atom stereocenters. The van der Waals surface area contributed by atoms with Gasteiger partial charge in [-0.25, -0.2) is 17.1 Å². The van der Waals surface area contributed by atoms with Gasteiger partial charge in [0.05, 0.1) is 18.2 Å². The fourth-order valence-corrected chi connectivity index (χ4v) is 6.31. The molecule has 0 unspecified atom stereocenters. The van der Waals surface area contributed by atoms with Gasteiger partial charge in [0.15, 0.2) is 0 Å². The number of ether oxygens (including phenoxy) is 1. The highest BCUT2D eigenvalue weighted by atomic mass is 32.2. The molecule has 1 aliphatic heterocycles. The van der Waals surface area contributed by atoms with E-state index in [1.807, 2.05) is 0 Å². The molecule has 0 aromatic heterocycles. The summed E-state index contributed by atoms with van der Waals surface area (Å²) < 4.78 is 109. The van der Waals surface area contributed by atoms with Gasteiger partial charge in [-0.1, -0.05) is 36.4 Å². The molecular formula is C32H34F4N2O8S2. The van der Waals surface area contributed by atoms with Crippen LogP contribution in [0.3, 0.4) is 0 Å². The van der Waals surface area contributed by atoms with Gasteiger partial charge in [0.25, 0.3) is 0 Å². The summed E-state index contributed by atoms with van der Waals surface area (Å²) >= 11 is 0. The van der Waals surface area contributed by atoms with Crippen LogP contribution in [0.2, 0.25) is 0 Å². The minimum Gasteiger partial charge on any atom is -0.458 e. The molecule has 0 N–H and O–H groups in total. The van der Waals surface area contributed by atoms with Crippen LogP contribution in [0.5, 0.6) is 5.75 Å². The van der Waals surface area contributed by atoms with Crippen LogP contribution >= 0.6 is 0 Å². The molecule has 1 saturated heterocycles. The number of esters is 1. The van der Waals surface area contributed by atoms with Crippen molar-refractivity contribution in [3.63, 3.8) is 0 Å². The van der Waals surface area contributed by atoms with Crippen LogP contribution in [0.4, 0.5) is 23.2 Å². The molecule has 1 fully saturated rings. The second kappa shape index (κ2) is 14.6. The summed E-state index contributed by atoms with van der Waals surface area (Å²) in [5.74, 6) is -2.56. The number of rotatable bonds is 14. The highest BCUT2D eigenvalue weighted by Gasteiger charge is 2.50. The Labute approximate surface area is 276 Å². The number of carbonyl (C=O) groups is 2. The fraction of sp³-hybridized carbons (Fsp3) is 0.375. The average Bonchev–Trinajstić information content (AvgIpc) is 2.99. The highest BCUT2D eigenvalue weighted by Crippen LogP contribution is 2.47. The van der Waals surface area contributed by atoms with E-state index in [1.54, 1.807) is 24.3 Å². The SMILES string of the molecule is CC(=O)O[C@@H](CC[C@H]1C(=O)N(c2ccc(CCCN(C)S(C)(=O)=O)cc2)[C@@H]1c1ccc(OS(=O)(=O)C(F)(F)F)cc1)c1ccc(F)cc1. The van der Waals surface area contributed by atoms with Crippen LogP contribution < -0.4 is 9.08 Å². The molecule has 260 valence electrons. The second-order valence-corrected chi connectivity index (χ2v) is 15.0. The van der Waals surface area contributed by atoms with E-state index in [9.17, 15) is 44.0 Å². The summed E-state index contributed by atoms with van der Waals surface area (Å²) in [6.45, 7) is 1.55. The fourth-order valence-electron chi connectivity index (χ4n) is 5.39. The minimum absolute atomic E-state index is 0.192. The average molecular weight is 715 g/mol. The summed E-state index contributed by atoms with van der Waals surface area (Å²) in [5.41, 5.74) is -3.19. The highest BCUT2D eigenvalue weighted by molar-refractivity contribution is 7.88. The minimum atomic E-state index is -5.89. The lowest BCUT2D eigenvalue weighted by Gasteiger charge is -2.48. The van der Waals surface area contributed by atoms with Crippen molar-refractivity contribution in [2.45, 2.75) is 50.3 Å². The summed E-state index contributed by atoms with van der Waals surface area (Å²) in [7, 11) is -7.70. The summed E-state index contributed by atoms with van der Waals surface area (Å²) in [4.78, 5) is 27.0. The molecule has 1 heterocycles. The molecule has 48 heavy (non-hydrogen) atoms. The molecular weight excluding hydrogens is 680 g/mol. The molecule has 10 nitrogen and oxygen atoms in total. The number of hydrogen-bond donors (Lipinski definition) is 0. The predicted octanol–water partition coefficient (Wildman–Crippen LogP) is 5.67. The third-order valence-electron chi connectivity index (χ3n) is 7.93. The van der Waals surface area contributed by atoms with Crippen molar-refractivity contribution < 1.29 is 52.9 Å². The number of anilines is 1. The van der Waals surface area contributed by atoms with E-state index in [2.05, 4.69) is 4.18 Å². The van der Waals surface area contributed by atoms with Crippen LogP contribution in [0.15, 0.2) is 72.8 Å². The maximum Gasteiger partial charge on any atom is 0.534 e. The van der Waals surface area contributed by atoms with Crippen molar-refractivity contribution >= 4 is 37.7 Å². The van der Waals surface area contributed by atoms with Gasteiger partial charge in [-0.3, -0.25) is 9.59 Å². The third kappa shape index (κ3) is 8.90. The molecule has 0 radical (unpaired) electrons. The van der Waals surface area contributed by atoms with Crippen LogP contribution in [0, 0.1) is 11.7 Å². The van der Waals surface area contributed by atoms with Crippen LogP contribution in [-0.4, -0.2) is 58.4 Å². The van der Waals surface area contributed by atoms with Crippen LogP contribution in [0.25, 0.3) is 0 Å². The Bertz CT molecular complexity index is 1820. The van der Waals surface area contributed by atoms with Gasteiger partial charge in [-0.15, -0.1) is 0 Å². The molecule has 4 rings (SSSR count). The largest absolute Gasteiger partial charge is 0.534 e. The zero-order chi connectivity index (χ0) is 35.4. The lowest BCUT2D eigenvalue weighted by Crippen LogP contribution is -2.55. The van der Waals surface area contributed by atoms with E-state index in [1.165, 1.54) is 59.6 Å². The summed E-state index contributed by atoms with van der Waals surface area (Å²) in [6, 6.07) is 16.7. The molecule has 0 spiro atoms. The number of alkyl halides is 3. The Morgan fingerprint density at radius 2 is 1.56 bits per heavy atom. The van der Waals surface area contributed by atoms with Crippen LogP contribution in [-0.2, 0) is 40.9 Å². The van der Waals surface area contributed by atoms with Crippen molar-refractivity contribution in [3.05, 3.63) is 95.3 Å². The van der Waals surface area contributed by atoms with E-state index < -0.39 is 61.2 Å². The number of aryl methyl sites for hydroxylation is 1. The lowest BCUT2D eigenvalue weighted by molar-refractivity contribution is -0.147. The van der Waals surface area contributed by atoms with Crippen molar-refractivity contribution in [1.82, 2.24) is 4.31 Å². The van der Waals surface area contributed by atoms with E-state index in [0.29, 0.717) is 36.2 Å². The molecule has 0 saturated carbocycles. The lowest BCUT2D eigenvalue weighted by atomic mass is 9.78. The molecule has 3 aromatic rings. The number of carbonyl (C=O) groups excluding carboxylic acids is 2. The molecule has 16 heteroatoms. The Hall–Kier alpha value is -4.02. The summed E-state index contributed by atoms with van der Waals surface area (Å²) in [5, 5.41) is 0. The van der Waals surface area contributed by atoms with E-state index in [-0.39, 0.29) is 18.7 Å². The number of halogens is 4. The van der Waals surface area contributed by atoms with E-state index in [0.717, 1.165) is 24.0 Å². The Morgan fingerprint density at radius 3 is 2.10 bits per heavy atom. The smallest absolute Gasteiger partial charge is 0.458 e. The first-order valence-corrected chi connectivity index (χ1v) is 18.0. The van der Waals surface area contributed by atoms with E-state index >= 15 is 0 Å². The first kappa shape index (κ1) is 36.8. The third-order valence-corrected chi connectivity index (χ3v) is 10.2. The van der Waals surface area contributed by atoms with Gasteiger partial charge in [0, 0.05) is 26.2 Å². The van der Waals surface area contributed by atoms with Gasteiger partial charge in [-0.05, 0) is 78.8 Å². The van der Waals surface area contributed by atoms with Gasteiger partial charge in [-0.2, -0.15) is 21.6 Å². The maximum atomic E-state index is 13.6. The number of benzene rings is 3. The number of sulfonamides is 1. The second-order valence-electron chi connectivity index (χ2n) is 11.4. The predicted molar refractivity (Wildman–Crippen MR) is 168 cm³/mol. The van der Waals surface area contributed by atoms with Gasteiger partial charge in [0.2, 0.25) is 15.9 Å². The Morgan fingerprint density at radius 1 is 0.958 bits per heavy atom. The molecule has 1 amide bonds. The van der Waals surface area contributed by atoms with Crippen molar-refractivity contribution in [1.29, 1.82) is 0 Å². The van der Waals surface area contributed by atoms with Crippen molar-refractivity contribution in [3.8, 4) is 5.75 Å². The number of β-lactam (4-membered cyclic amide) rings is 1. The Kier molecular flexibility index (Phi) is 11.2. The topological polar surface area (TPSA) is 127 Å². The molecule has 0 aliphatic carbocycles. The number of amides is 1. The summed E-state index contributed by atoms with van der Waals surface area (Å²) in [6.07, 6.45) is 1.88. The van der Waals surface area contributed by atoms with Gasteiger partial charge < -0.3 is 13.8 Å². The van der Waals surface area contributed by atoms with Crippen LogP contribution in [0.1, 0.15) is 55.0 Å². The zero-order valence-electron chi connectivity index (χ0n) is 26.2. The van der Waals surface area contributed by atoms with Crippen molar-refractivity contribution in [2.24, 2.45) is 5.92 Å². The van der Waals surface area contributed by atoms with Gasteiger partial charge >= 0.3 is 21.6 Å². The van der Waals surface area contributed by atoms with Crippen molar-refractivity contribution in [2.75, 3.05) is 24.7 Å². The number of hydrogen-bond acceptors (Lipinski definition) is 8. The molecule has 1 aliphatic rings. The first-order chi connectivity index (χ1) is 22.4. The first-order valence-electron chi connectivity index (χ1n) is 14.7. The standard InChI is InChI=1S/C32H34F4N2O8S2/c1-21(39)45-29(23-8-12-25(33)13-9-23)19-18-28-30(24-10-16-27(17-11-24)46-48(43,44)32(34,35)36)38(31(28)40)26-14-6-22(7-15-26)5-4-20-37(2)47(3,41)42/h6-17,28-30H,4-5,18-20H2,1-3H3/t28-,29+,30-/m1/s1. The molecule has 3 aromatic carbocycles.